The van der Waals surface area contributed by atoms with Crippen LogP contribution in [-0.2, 0) is 14.4 Å². The summed E-state index contributed by atoms with van der Waals surface area (Å²) in [5.41, 5.74) is 0. The number of likely N-dealkylation sites (tertiary alicyclic amines) is 1. The van der Waals surface area contributed by atoms with Crippen molar-refractivity contribution in [2.24, 2.45) is 11.8 Å². The third-order valence-corrected chi connectivity index (χ3v) is 5.25. The highest BCUT2D eigenvalue weighted by molar-refractivity contribution is 5.86. The molecule has 1 aromatic carbocycles. The number of rotatable bonds is 9. The summed E-state index contributed by atoms with van der Waals surface area (Å²) in [6.45, 7) is 4.92. The van der Waals surface area contributed by atoms with Crippen LogP contribution in [0.4, 0.5) is 0 Å². The van der Waals surface area contributed by atoms with Crippen molar-refractivity contribution in [1.82, 2.24) is 10.2 Å². The molecule has 7 nitrogen and oxygen atoms in total. The largest absolute Gasteiger partial charge is 0.493 e. The fraction of sp³-hybridized carbons (Fsp3) is 0.571. The van der Waals surface area contributed by atoms with Gasteiger partial charge in [-0.05, 0) is 30.9 Å². The number of benzene rings is 1. The molecule has 1 aliphatic rings. The Hall–Kier alpha value is -2.57. The minimum Gasteiger partial charge on any atom is -0.493 e. The van der Waals surface area contributed by atoms with Gasteiger partial charge in [-0.2, -0.15) is 0 Å². The first-order valence-corrected chi connectivity index (χ1v) is 9.91. The number of hydrogen-bond acceptors (Lipinski definition) is 4. The molecule has 1 unspecified atom stereocenters. The Morgan fingerprint density at radius 2 is 2.00 bits per heavy atom. The maximum Gasteiger partial charge on any atom is 0.326 e. The standard InChI is InChI=1S/C21H30N2O5/c1-3-15(2)19(21(26)27)22-20(25)16-8-7-12-23(14-16)18(24)11-13-28-17-9-5-4-6-10-17/h4-6,9-10,15-16,19H,3,7-8,11-14H2,1-2H3,(H,22,25)(H,26,27)/t15-,16?,19-/m0/s1. The van der Waals surface area contributed by atoms with Gasteiger partial charge in [-0.25, -0.2) is 4.79 Å². The Bertz CT molecular complexity index is 664. The number of ether oxygens (including phenoxy) is 1. The average molecular weight is 390 g/mol. The Balaban J connectivity index is 1.83. The molecule has 0 radical (unpaired) electrons. The highest BCUT2D eigenvalue weighted by Gasteiger charge is 2.32. The van der Waals surface area contributed by atoms with Crippen molar-refractivity contribution in [2.75, 3.05) is 19.7 Å². The van der Waals surface area contributed by atoms with Gasteiger partial charge in [-0.3, -0.25) is 9.59 Å². The number of carbonyl (C=O) groups is 3. The van der Waals surface area contributed by atoms with E-state index in [0.717, 1.165) is 12.2 Å². The number of carboxylic acid groups (broad SMARTS) is 1. The molecule has 0 saturated carbocycles. The molecule has 2 N–H and O–H groups in total. The first-order valence-electron chi connectivity index (χ1n) is 9.91. The third-order valence-electron chi connectivity index (χ3n) is 5.25. The Kier molecular flexibility index (Phi) is 8.29. The van der Waals surface area contributed by atoms with Crippen molar-refractivity contribution < 1.29 is 24.2 Å². The Morgan fingerprint density at radius 1 is 1.29 bits per heavy atom. The van der Waals surface area contributed by atoms with Crippen LogP contribution < -0.4 is 10.1 Å². The van der Waals surface area contributed by atoms with E-state index in [2.05, 4.69) is 5.32 Å². The van der Waals surface area contributed by atoms with Gasteiger partial charge in [0.05, 0.1) is 18.9 Å². The molecular formula is C21H30N2O5. The SMILES string of the molecule is CC[C@H](C)[C@H](NC(=O)C1CCCN(C(=O)CCOc2ccccc2)C1)C(=O)O. The molecule has 1 aliphatic heterocycles. The molecule has 1 saturated heterocycles. The summed E-state index contributed by atoms with van der Waals surface area (Å²) in [5.74, 6) is -1.17. The number of nitrogens with one attached hydrogen (secondary N) is 1. The van der Waals surface area contributed by atoms with Crippen LogP contribution in [-0.4, -0.2) is 53.5 Å². The molecule has 0 aromatic heterocycles. The Morgan fingerprint density at radius 3 is 2.64 bits per heavy atom. The average Bonchev–Trinajstić information content (AvgIpc) is 2.71. The van der Waals surface area contributed by atoms with Gasteiger partial charge in [0.1, 0.15) is 11.8 Å². The van der Waals surface area contributed by atoms with Crippen LogP contribution in [0, 0.1) is 11.8 Å². The lowest BCUT2D eigenvalue weighted by Gasteiger charge is -2.33. The van der Waals surface area contributed by atoms with Crippen molar-refractivity contribution in [3.05, 3.63) is 30.3 Å². The van der Waals surface area contributed by atoms with Crippen LogP contribution in [0.2, 0.25) is 0 Å². The fourth-order valence-electron chi connectivity index (χ4n) is 3.30. The highest BCUT2D eigenvalue weighted by Crippen LogP contribution is 2.19. The van der Waals surface area contributed by atoms with E-state index < -0.39 is 12.0 Å². The van der Waals surface area contributed by atoms with Crippen LogP contribution >= 0.6 is 0 Å². The van der Waals surface area contributed by atoms with Crippen molar-refractivity contribution in [2.45, 2.75) is 45.6 Å². The maximum absolute atomic E-state index is 12.6. The van der Waals surface area contributed by atoms with Crippen molar-refractivity contribution in [3.63, 3.8) is 0 Å². The molecule has 0 spiro atoms. The first-order chi connectivity index (χ1) is 13.4. The van der Waals surface area contributed by atoms with E-state index in [-0.39, 0.29) is 36.7 Å². The zero-order valence-electron chi connectivity index (χ0n) is 16.6. The molecule has 2 rings (SSSR count). The first kappa shape index (κ1) is 21.7. The normalized spacial score (nSPS) is 18.8. The minimum absolute atomic E-state index is 0.0508. The second kappa shape index (κ2) is 10.7. The molecule has 2 amide bonds. The van der Waals surface area contributed by atoms with E-state index in [1.807, 2.05) is 44.2 Å². The molecular weight excluding hydrogens is 360 g/mol. The van der Waals surface area contributed by atoms with Gasteiger partial charge in [-0.1, -0.05) is 38.5 Å². The molecule has 7 heteroatoms. The van der Waals surface area contributed by atoms with Gasteiger partial charge in [0.2, 0.25) is 11.8 Å². The lowest BCUT2D eigenvalue weighted by atomic mass is 9.94. The molecule has 0 aliphatic carbocycles. The zero-order chi connectivity index (χ0) is 20.5. The van der Waals surface area contributed by atoms with Crippen molar-refractivity contribution in [1.29, 1.82) is 0 Å². The molecule has 1 fully saturated rings. The molecule has 28 heavy (non-hydrogen) atoms. The third kappa shape index (κ3) is 6.25. The fourth-order valence-corrected chi connectivity index (χ4v) is 3.30. The molecule has 154 valence electrons. The summed E-state index contributed by atoms with van der Waals surface area (Å²) in [6.07, 6.45) is 2.29. The summed E-state index contributed by atoms with van der Waals surface area (Å²) in [5, 5.41) is 12.0. The maximum atomic E-state index is 12.6. The number of carboxylic acids is 1. The van der Waals surface area contributed by atoms with E-state index in [0.29, 0.717) is 25.9 Å². The second-order valence-electron chi connectivity index (χ2n) is 7.30. The van der Waals surface area contributed by atoms with E-state index in [9.17, 15) is 19.5 Å². The van der Waals surface area contributed by atoms with Crippen molar-refractivity contribution >= 4 is 17.8 Å². The van der Waals surface area contributed by atoms with Gasteiger partial charge in [0.25, 0.3) is 0 Å². The zero-order valence-corrected chi connectivity index (χ0v) is 16.6. The summed E-state index contributed by atoms with van der Waals surface area (Å²) in [6, 6.07) is 8.41. The lowest BCUT2D eigenvalue weighted by molar-refractivity contribution is -0.145. The summed E-state index contributed by atoms with van der Waals surface area (Å²) < 4.78 is 5.57. The second-order valence-corrected chi connectivity index (χ2v) is 7.30. The topological polar surface area (TPSA) is 95.9 Å². The van der Waals surface area contributed by atoms with Crippen LogP contribution in [0.3, 0.4) is 0 Å². The number of piperidine rings is 1. The van der Waals surface area contributed by atoms with Gasteiger partial charge in [0, 0.05) is 13.1 Å². The number of hydrogen-bond donors (Lipinski definition) is 2. The molecule has 3 atom stereocenters. The summed E-state index contributed by atoms with van der Waals surface area (Å²) in [4.78, 5) is 38.1. The predicted octanol–water partition coefficient (Wildman–Crippen LogP) is 2.31. The number of amides is 2. The number of carbonyl (C=O) groups excluding carboxylic acids is 2. The van der Waals surface area contributed by atoms with Crippen LogP contribution in [0.25, 0.3) is 0 Å². The quantitative estimate of drug-likeness (QED) is 0.675. The van der Waals surface area contributed by atoms with Gasteiger partial charge < -0.3 is 20.1 Å². The lowest BCUT2D eigenvalue weighted by Crippen LogP contribution is -2.51. The van der Waals surface area contributed by atoms with Gasteiger partial charge >= 0.3 is 5.97 Å². The number of para-hydroxylation sites is 1. The molecule has 0 bridgehead atoms. The minimum atomic E-state index is -1.02. The Labute approximate surface area is 166 Å². The summed E-state index contributed by atoms with van der Waals surface area (Å²) >= 11 is 0. The van der Waals surface area contributed by atoms with Crippen molar-refractivity contribution in [3.8, 4) is 5.75 Å². The van der Waals surface area contributed by atoms with E-state index in [1.165, 1.54) is 0 Å². The highest BCUT2D eigenvalue weighted by atomic mass is 16.5. The monoisotopic (exact) mass is 390 g/mol. The smallest absolute Gasteiger partial charge is 0.326 e. The number of aliphatic carboxylic acids is 1. The summed E-state index contributed by atoms with van der Waals surface area (Å²) in [7, 11) is 0. The van der Waals surface area contributed by atoms with E-state index in [4.69, 9.17) is 4.74 Å². The van der Waals surface area contributed by atoms with Gasteiger partial charge in [-0.15, -0.1) is 0 Å². The van der Waals surface area contributed by atoms with Gasteiger partial charge in [0.15, 0.2) is 0 Å². The van der Waals surface area contributed by atoms with E-state index >= 15 is 0 Å². The molecule has 1 heterocycles. The van der Waals surface area contributed by atoms with E-state index in [1.54, 1.807) is 4.90 Å². The van der Waals surface area contributed by atoms with Crippen LogP contribution in [0.5, 0.6) is 5.75 Å². The predicted molar refractivity (Wildman–Crippen MR) is 105 cm³/mol. The number of nitrogens with zero attached hydrogens (tertiary/aromatic N) is 1. The van der Waals surface area contributed by atoms with Crippen LogP contribution in [0.1, 0.15) is 39.5 Å². The van der Waals surface area contributed by atoms with Crippen LogP contribution in [0.15, 0.2) is 30.3 Å². The molecule has 1 aromatic rings.